The van der Waals surface area contributed by atoms with E-state index in [1.54, 1.807) is 35.8 Å². The molecule has 0 saturated heterocycles. The third-order valence-corrected chi connectivity index (χ3v) is 5.43. The molecule has 4 aromatic rings. The molecule has 8 nitrogen and oxygen atoms in total. The van der Waals surface area contributed by atoms with Crippen molar-refractivity contribution in [1.82, 2.24) is 20.1 Å². The smallest absolute Gasteiger partial charge is 0.266 e. The predicted octanol–water partition coefficient (Wildman–Crippen LogP) is 2.37. The summed E-state index contributed by atoms with van der Waals surface area (Å²) in [6.07, 6.45) is 1.55. The van der Waals surface area contributed by atoms with Gasteiger partial charge in [-0.2, -0.15) is 5.10 Å². The van der Waals surface area contributed by atoms with E-state index in [9.17, 15) is 9.59 Å². The molecule has 0 atom stereocenters. The second kappa shape index (κ2) is 8.27. The van der Waals surface area contributed by atoms with Crippen LogP contribution in [0, 0.1) is 0 Å². The number of carbonyl (C=O) groups is 1. The van der Waals surface area contributed by atoms with Gasteiger partial charge in [0.2, 0.25) is 5.91 Å². The first-order valence-electron chi connectivity index (χ1n) is 9.05. The Labute approximate surface area is 170 Å². The fourth-order valence-corrected chi connectivity index (χ4v) is 3.75. The van der Waals surface area contributed by atoms with Gasteiger partial charge in [-0.05, 0) is 30.3 Å². The number of fused-ring (bicyclic) bond motifs is 1. The van der Waals surface area contributed by atoms with Crippen LogP contribution in [0.1, 0.15) is 0 Å². The molecule has 0 aliphatic heterocycles. The summed E-state index contributed by atoms with van der Waals surface area (Å²) in [5.74, 6) is 0.433. The highest BCUT2D eigenvalue weighted by atomic mass is 32.1. The van der Waals surface area contributed by atoms with Crippen molar-refractivity contribution in [2.45, 2.75) is 6.54 Å². The third-order valence-electron chi connectivity index (χ3n) is 4.28. The van der Waals surface area contributed by atoms with Crippen LogP contribution in [0.15, 0.2) is 64.0 Å². The molecule has 0 aliphatic carbocycles. The van der Waals surface area contributed by atoms with E-state index in [4.69, 9.17) is 4.42 Å². The SMILES string of the molecule is CN(CC(=O)NCCn1nc(-c2ccco2)ccc1=O)c1nc2ccccc2s1. The lowest BCUT2D eigenvalue weighted by atomic mass is 10.3. The van der Waals surface area contributed by atoms with E-state index in [1.807, 2.05) is 36.2 Å². The van der Waals surface area contributed by atoms with Crippen LogP contribution in [0.25, 0.3) is 21.7 Å². The van der Waals surface area contributed by atoms with Crippen molar-refractivity contribution in [2.75, 3.05) is 25.0 Å². The van der Waals surface area contributed by atoms with Crippen LogP contribution in [0.5, 0.6) is 0 Å². The molecule has 0 spiro atoms. The van der Waals surface area contributed by atoms with Crippen LogP contribution in [0.4, 0.5) is 5.13 Å². The minimum atomic E-state index is -0.235. The molecule has 148 valence electrons. The van der Waals surface area contributed by atoms with Crippen molar-refractivity contribution in [1.29, 1.82) is 0 Å². The Morgan fingerprint density at radius 3 is 2.86 bits per heavy atom. The molecule has 4 rings (SSSR count). The Balaban J connectivity index is 1.33. The number of hydrogen-bond donors (Lipinski definition) is 1. The van der Waals surface area contributed by atoms with E-state index in [0.717, 1.165) is 15.3 Å². The first kappa shape index (κ1) is 18.9. The number of nitrogens with zero attached hydrogens (tertiary/aromatic N) is 4. The molecular formula is C20H19N5O3S. The Morgan fingerprint density at radius 2 is 2.07 bits per heavy atom. The van der Waals surface area contributed by atoms with Gasteiger partial charge in [0.25, 0.3) is 5.56 Å². The summed E-state index contributed by atoms with van der Waals surface area (Å²) in [6.45, 7) is 0.736. The number of benzene rings is 1. The Kier molecular flexibility index (Phi) is 5.39. The summed E-state index contributed by atoms with van der Waals surface area (Å²) >= 11 is 1.54. The van der Waals surface area contributed by atoms with Crippen molar-refractivity contribution in [3.8, 4) is 11.5 Å². The molecule has 3 heterocycles. The number of thiazole rings is 1. The fourth-order valence-electron chi connectivity index (χ4n) is 2.83. The largest absolute Gasteiger partial charge is 0.463 e. The van der Waals surface area contributed by atoms with Gasteiger partial charge in [0.05, 0.1) is 29.6 Å². The standard InChI is InChI=1S/C20H19N5O3S/c1-24(20-22-15-5-2-3-7-17(15)29-20)13-18(26)21-10-11-25-19(27)9-8-14(23-25)16-6-4-12-28-16/h2-9,12H,10-11,13H2,1H3,(H,21,26). The number of likely N-dealkylation sites (N-methyl/N-ethyl adjacent to an activating group) is 1. The van der Waals surface area contributed by atoms with Gasteiger partial charge in [-0.1, -0.05) is 23.5 Å². The number of anilines is 1. The number of para-hydroxylation sites is 1. The first-order chi connectivity index (χ1) is 14.1. The van der Waals surface area contributed by atoms with E-state index >= 15 is 0 Å². The van der Waals surface area contributed by atoms with E-state index in [1.165, 1.54) is 10.7 Å². The van der Waals surface area contributed by atoms with Crippen LogP contribution in [0.3, 0.4) is 0 Å². The number of rotatable bonds is 7. The van der Waals surface area contributed by atoms with Gasteiger partial charge in [0.1, 0.15) is 5.69 Å². The first-order valence-corrected chi connectivity index (χ1v) is 9.87. The maximum Gasteiger partial charge on any atom is 0.266 e. The Bertz CT molecular complexity index is 1150. The molecule has 3 aromatic heterocycles. The molecule has 0 fully saturated rings. The van der Waals surface area contributed by atoms with Gasteiger partial charge in [0, 0.05) is 19.7 Å². The molecule has 0 unspecified atom stereocenters. The molecule has 0 saturated carbocycles. The van der Waals surface area contributed by atoms with Gasteiger partial charge < -0.3 is 14.6 Å². The molecule has 9 heteroatoms. The maximum atomic E-state index is 12.3. The van der Waals surface area contributed by atoms with Crippen LogP contribution < -0.4 is 15.8 Å². The normalized spacial score (nSPS) is 10.9. The molecule has 1 N–H and O–H groups in total. The van der Waals surface area contributed by atoms with Crippen molar-refractivity contribution >= 4 is 32.6 Å². The predicted molar refractivity (Wildman–Crippen MR) is 112 cm³/mol. The van der Waals surface area contributed by atoms with Gasteiger partial charge in [0.15, 0.2) is 10.9 Å². The monoisotopic (exact) mass is 409 g/mol. The lowest BCUT2D eigenvalue weighted by Gasteiger charge is -2.15. The zero-order valence-corrected chi connectivity index (χ0v) is 16.6. The number of hydrogen-bond acceptors (Lipinski definition) is 7. The van der Waals surface area contributed by atoms with Gasteiger partial charge >= 0.3 is 0 Å². The second-order valence-electron chi connectivity index (χ2n) is 6.43. The van der Waals surface area contributed by atoms with Crippen LogP contribution in [0.2, 0.25) is 0 Å². The van der Waals surface area contributed by atoms with E-state index in [2.05, 4.69) is 15.4 Å². The number of carbonyl (C=O) groups excluding carboxylic acids is 1. The molecular weight excluding hydrogens is 390 g/mol. The lowest BCUT2D eigenvalue weighted by Crippen LogP contribution is -2.38. The minimum Gasteiger partial charge on any atom is -0.463 e. The summed E-state index contributed by atoms with van der Waals surface area (Å²) in [5, 5.41) is 7.89. The van der Waals surface area contributed by atoms with Gasteiger partial charge in [-0.3, -0.25) is 9.59 Å². The highest BCUT2D eigenvalue weighted by Crippen LogP contribution is 2.27. The van der Waals surface area contributed by atoms with E-state index in [-0.39, 0.29) is 24.6 Å². The van der Waals surface area contributed by atoms with Crippen LogP contribution >= 0.6 is 11.3 Å². The van der Waals surface area contributed by atoms with Crippen molar-refractivity contribution < 1.29 is 9.21 Å². The fraction of sp³-hybridized carbons (Fsp3) is 0.200. The van der Waals surface area contributed by atoms with Crippen molar-refractivity contribution in [3.05, 3.63) is 65.1 Å². The van der Waals surface area contributed by atoms with Crippen LogP contribution in [-0.2, 0) is 11.3 Å². The van der Waals surface area contributed by atoms with Crippen molar-refractivity contribution in [3.63, 3.8) is 0 Å². The topological polar surface area (TPSA) is 93.3 Å². The minimum absolute atomic E-state index is 0.151. The average molecular weight is 409 g/mol. The quantitative estimate of drug-likeness (QED) is 0.504. The van der Waals surface area contributed by atoms with E-state index < -0.39 is 0 Å². The van der Waals surface area contributed by atoms with Gasteiger partial charge in [-0.15, -0.1) is 0 Å². The molecule has 0 bridgehead atoms. The highest BCUT2D eigenvalue weighted by Gasteiger charge is 2.12. The zero-order valence-electron chi connectivity index (χ0n) is 15.7. The summed E-state index contributed by atoms with van der Waals surface area (Å²) < 4.78 is 7.70. The molecule has 29 heavy (non-hydrogen) atoms. The maximum absolute atomic E-state index is 12.3. The average Bonchev–Trinajstić information content (AvgIpc) is 3.39. The Morgan fingerprint density at radius 1 is 1.21 bits per heavy atom. The van der Waals surface area contributed by atoms with Crippen LogP contribution in [-0.4, -0.2) is 40.8 Å². The molecule has 1 aromatic carbocycles. The zero-order chi connectivity index (χ0) is 20.2. The number of aromatic nitrogens is 3. The number of furan rings is 1. The number of nitrogens with one attached hydrogen (secondary N) is 1. The Hall–Kier alpha value is -3.46. The van der Waals surface area contributed by atoms with E-state index in [0.29, 0.717) is 18.0 Å². The highest BCUT2D eigenvalue weighted by molar-refractivity contribution is 7.22. The molecule has 1 amide bonds. The lowest BCUT2D eigenvalue weighted by molar-refractivity contribution is -0.119. The summed E-state index contributed by atoms with van der Waals surface area (Å²) in [6, 6.07) is 14.4. The number of amides is 1. The summed E-state index contributed by atoms with van der Waals surface area (Å²) in [5.41, 5.74) is 1.25. The summed E-state index contributed by atoms with van der Waals surface area (Å²) in [4.78, 5) is 30.6. The molecule has 0 aliphatic rings. The van der Waals surface area contributed by atoms with Crippen molar-refractivity contribution in [2.24, 2.45) is 0 Å². The molecule has 0 radical (unpaired) electrons. The third kappa shape index (κ3) is 4.35. The van der Waals surface area contributed by atoms with Gasteiger partial charge in [-0.25, -0.2) is 9.67 Å². The second-order valence-corrected chi connectivity index (χ2v) is 7.44. The summed E-state index contributed by atoms with van der Waals surface area (Å²) in [7, 11) is 1.83.